The van der Waals surface area contributed by atoms with E-state index in [1.807, 2.05) is 12.1 Å². The topological polar surface area (TPSA) is 54.5 Å². The summed E-state index contributed by atoms with van der Waals surface area (Å²) in [6.07, 6.45) is -0.0164. The number of likely N-dealkylation sites (tertiary alicyclic amines) is 1. The highest BCUT2D eigenvalue weighted by Crippen LogP contribution is 2.24. The number of benzene rings is 1. The molecule has 0 radical (unpaired) electrons. The van der Waals surface area contributed by atoms with Gasteiger partial charge in [-0.3, -0.25) is 4.79 Å². The Morgan fingerprint density at radius 3 is 2.50 bits per heavy atom. The van der Waals surface area contributed by atoms with E-state index in [2.05, 4.69) is 0 Å². The van der Waals surface area contributed by atoms with Gasteiger partial charge in [-0.25, -0.2) is 8.42 Å². The van der Waals surface area contributed by atoms with Crippen molar-refractivity contribution in [2.24, 2.45) is 0 Å². The van der Waals surface area contributed by atoms with Gasteiger partial charge in [0.2, 0.25) is 15.0 Å². The van der Waals surface area contributed by atoms with Crippen LogP contribution in [0.1, 0.15) is 6.42 Å². The third-order valence-electron chi connectivity index (χ3n) is 3.02. The minimum Gasteiger partial charge on any atom is -0.340 e. The average molecular weight is 354 g/mol. The highest BCUT2D eigenvalue weighted by molar-refractivity contribution is 8.14. The van der Waals surface area contributed by atoms with Gasteiger partial charge in [-0.15, -0.1) is 11.8 Å². The van der Waals surface area contributed by atoms with E-state index in [1.165, 1.54) is 0 Å². The maximum Gasteiger partial charge on any atom is 0.237 e. The fourth-order valence-corrected chi connectivity index (χ4v) is 4.00. The molecule has 1 saturated heterocycles. The number of amides is 1. The highest BCUT2D eigenvalue weighted by Gasteiger charge is 2.36. The molecule has 1 aliphatic rings. The lowest BCUT2D eigenvalue weighted by Crippen LogP contribution is -2.29. The highest BCUT2D eigenvalue weighted by atomic mass is 35.7. The van der Waals surface area contributed by atoms with E-state index < -0.39 is 14.3 Å². The minimum atomic E-state index is -3.66. The smallest absolute Gasteiger partial charge is 0.237 e. The molecule has 1 amide bonds. The van der Waals surface area contributed by atoms with Crippen LogP contribution < -0.4 is 0 Å². The van der Waals surface area contributed by atoms with Crippen LogP contribution in [-0.2, 0) is 13.8 Å². The second-order valence-electron chi connectivity index (χ2n) is 4.44. The lowest BCUT2D eigenvalue weighted by atomic mass is 10.4. The van der Waals surface area contributed by atoms with E-state index in [1.54, 1.807) is 28.8 Å². The van der Waals surface area contributed by atoms with Crippen LogP contribution in [0.15, 0.2) is 29.2 Å². The van der Waals surface area contributed by atoms with Gasteiger partial charge in [0.05, 0.1) is 0 Å². The molecule has 1 heterocycles. The second kappa shape index (κ2) is 6.56. The first-order valence-electron chi connectivity index (χ1n) is 5.96. The fraction of sp³-hybridized carbons (Fsp3) is 0.417. The van der Waals surface area contributed by atoms with Crippen molar-refractivity contribution >= 4 is 49.0 Å². The summed E-state index contributed by atoms with van der Waals surface area (Å²) in [5.74, 6) is 0.540. The van der Waals surface area contributed by atoms with E-state index in [-0.39, 0.29) is 18.9 Å². The van der Waals surface area contributed by atoms with Crippen LogP contribution in [-0.4, -0.2) is 43.3 Å². The number of rotatable bonds is 5. The Balaban J connectivity index is 1.83. The number of hydrogen-bond donors (Lipinski definition) is 0. The summed E-state index contributed by atoms with van der Waals surface area (Å²) in [6.45, 7) is 0.695. The fourth-order valence-electron chi connectivity index (χ4n) is 1.95. The molecule has 20 heavy (non-hydrogen) atoms. The molecule has 1 unspecified atom stereocenters. The van der Waals surface area contributed by atoms with Crippen molar-refractivity contribution in [1.82, 2.24) is 4.90 Å². The van der Waals surface area contributed by atoms with Crippen molar-refractivity contribution < 1.29 is 13.2 Å². The van der Waals surface area contributed by atoms with Crippen LogP contribution in [0.3, 0.4) is 0 Å². The molecule has 110 valence electrons. The molecule has 1 atom stereocenters. The van der Waals surface area contributed by atoms with Crippen LogP contribution in [0.25, 0.3) is 0 Å². The summed E-state index contributed by atoms with van der Waals surface area (Å²) in [7, 11) is 1.63. The molecule has 0 N–H and O–H groups in total. The van der Waals surface area contributed by atoms with Gasteiger partial charge in [0, 0.05) is 45.9 Å². The first kappa shape index (κ1) is 15.9. The zero-order valence-electron chi connectivity index (χ0n) is 10.5. The molecule has 0 bridgehead atoms. The second-order valence-corrected chi connectivity index (χ2v) is 8.96. The molecule has 8 heteroatoms. The molecule has 1 aromatic carbocycles. The summed E-state index contributed by atoms with van der Waals surface area (Å²) in [6, 6.07) is 7.43. The molecular formula is C12H13Cl2NO3S2. The Morgan fingerprint density at radius 1 is 1.30 bits per heavy atom. The molecule has 2 rings (SSSR count). The summed E-state index contributed by atoms with van der Waals surface area (Å²) >= 11 is 7.39. The van der Waals surface area contributed by atoms with Crippen LogP contribution in [0.5, 0.6) is 0 Å². The Bertz CT molecular complexity index is 589. The number of carbonyl (C=O) groups excluding carboxylic acids is 1. The summed E-state index contributed by atoms with van der Waals surface area (Å²) in [5, 5.41) is -0.101. The molecule has 0 spiro atoms. The van der Waals surface area contributed by atoms with Crippen molar-refractivity contribution in [3.05, 3.63) is 29.3 Å². The Morgan fingerprint density at radius 2 is 1.95 bits per heavy atom. The monoisotopic (exact) mass is 353 g/mol. The van der Waals surface area contributed by atoms with Crippen LogP contribution in [0, 0.1) is 0 Å². The maximum absolute atomic E-state index is 11.7. The van der Waals surface area contributed by atoms with E-state index in [0.717, 1.165) is 4.90 Å². The minimum absolute atomic E-state index is 0.0164. The van der Waals surface area contributed by atoms with Gasteiger partial charge in [0.15, 0.2) is 0 Å². The van der Waals surface area contributed by atoms with E-state index >= 15 is 0 Å². The normalized spacial score (nSPS) is 19.6. The number of halogens is 2. The Hall–Kier alpha value is -0.430. The van der Waals surface area contributed by atoms with Gasteiger partial charge in [0.25, 0.3) is 0 Å². The zero-order chi connectivity index (χ0) is 14.8. The van der Waals surface area contributed by atoms with E-state index in [4.69, 9.17) is 22.3 Å². The van der Waals surface area contributed by atoms with Gasteiger partial charge in [-0.1, -0.05) is 11.6 Å². The van der Waals surface area contributed by atoms with Gasteiger partial charge < -0.3 is 4.90 Å². The standard InChI is InChI=1S/C12H13Cl2NO3S2/c13-9-1-3-10(4-2-9)19-6-5-15-8-11(7-12(15)16)20(14,17)18/h1-4,11H,5-8H2. The van der Waals surface area contributed by atoms with Gasteiger partial charge in [-0.2, -0.15) is 0 Å². The summed E-state index contributed by atoms with van der Waals surface area (Å²) < 4.78 is 22.4. The molecule has 0 aliphatic carbocycles. The van der Waals surface area contributed by atoms with Crippen molar-refractivity contribution in [2.45, 2.75) is 16.6 Å². The van der Waals surface area contributed by atoms with Gasteiger partial charge in [-0.05, 0) is 24.3 Å². The first-order valence-corrected chi connectivity index (χ1v) is 9.69. The van der Waals surface area contributed by atoms with Gasteiger partial charge in [0.1, 0.15) is 5.25 Å². The van der Waals surface area contributed by atoms with Crippen molar-refractivity contribution in [1.29, 1.82) is 0 Å². The maximum atomic E-state index is 11.7. The molecule has 0 saturated carbocycles. The van der Waals surface area contributed by atoms with Crippen LogP contribution in [0.2, 0.25) is 5.02 Å². The quantitative estimate of drug-likeness (QED) is 0.603. The molecular weight excluding hydrogens is 341 g/mol. The van der Waals surface area contributed by atoms with Crippen LogP contribution in [0.4, 0.5) is 0 Å². The lowest BCUT2D eigenvalue weighted by Gasteiger charge is -2.15. The number of hydrogen-bond acceptors (Lipinski definition) is 4. The number of thioether (sulfide) groups is 1. The number of nitrogens with zero attached hydrogens (tertiary/aromatic N) is 1. The van der Waals surface area contributed by atoms with Crippen molar-refractivity contribution in [3.63, 3.8) is 0 Å². The van der Waals surface area contributed by atoms with Crippen LogP contribution >= 0.6 is 34.0 Å². The predicted molar refractivity (Wildman–Crippen MR) is 81.9 cm³/mol. The molecule has 1 fully saturated rings. The summed E-state index contributed by atoms with van der Waals surface area (Å²) in [5.41, 5.74) is 0. The predicted octanol–water partition coefficient (Wildman–Crippen LogP) is 2.60. The van der Waals surface area contributed by atoms with E-state index in [0.29, 0.717) is 17.3 Å². The first-order chi connectivity index (χ1) is 9.36. The van der Waals surface area contributed by atoms with Gasteiger partial charge >= 0.3 is 0 Å². The molecule has 0 aromatic heterocycles. The lowest BCUT2D eigenvalue weighted by molar-refractivity contribution is -0.127. The van der Waals surface area contributed by atoms with E-state index in [9.17, 15) is 13.2 Å². The zero-order valence-corrected chi connectivity index (χ0v) is 13.6. The third kappa shape index (κ3) is 4.28. The average Bonchev–Trinajstić information content (AvgIpc) is 2.74. The largest absolute Gasteiger partial charge is 0.340 e. The molecule has 1 aromatic rings. The Labute approximate surface area is 131 Å². The van der Waals surface area contributed by atoms with Crippen molar-refractivity contribution in [3.8, 4) is 0 Å². The third-order valence-corrected chi connectivity index (χ3v) is 6.13. The molecule has 1 aliphatic heterocycles. The Kier molecular flexibility index (Phi) is 5.23. The number of carbonyl (C=O) groups is 1. The SMILES string of the molecule is O=C1CC(S(=O)(=O)Cl)CN1CCSc1ccc(Cl)cc1. The molecule has 4 nitrogen and oxygen atoms in total. The van der Waals surface area contributed by atoms with Crippen molar-refractivity contribution in [2.75, 3.05) is 18.8 Å². The summed E-state index contributed by atoms with van der Waals surface area (Å²) in [4.78, 5) is 14.3.